The van der Waals surface area contributed by atoms with Crippen molar-refractivity contribution in [2.75, 3.05) is 0 Å². The Morgan fingerprint density at radius 1 is 0.682 bits per heavy atom. The average molecular weight is 301 g/mol. The summed E-state index contributed by atoms with van der Waals surface area (Å²) in [7, 11) is 0. The quantitative estimate of drug-likeness (QED) is 0.347. The molecule has 0 aromatic heterocycles. The number of isothiocyanates is 1. The standard InChI is InChI=1S/C20H15NS/c22-15-21-19-14-8-7-13-18(19)20(16-9-3-1-4-10-16)17-11-5-2-6-12-17/h1-14,20H. The molecule has 0 aliphatic heterocycles. The summed E-state index contributed by atoms with van der Waals surface area (Å²) in [5.74, 6) is 0.130. The first-order valence-electron chi connectivity index (χ1n) is 7.17. The Labute approximate surface area is 136 Å². The Morgan fingerprint density at radius 2 is 1.18 bits per heavy atom. The maximum absolute atomic E-state index is 4.80. The molecule has 0 bridgehead atoms. The molecule has 0 unspecified atom stereocenters. The highest BCUT2D eigenvalue weighted by atomic mass is 32.1. The molecule has 1 nitrogen and oxygen atoms in total. The van der Waals surface area contributed by atoms with Gasteiger partial charge in [-0.25, -0.2) is 0 Å². The first kappa shape index (κ1) is 14.4. The van der Waals surface area contributed by atoms with Gasteiger partial charge >= 0.3 is 0 Å². The van der Waals surface area contributed by atoms with Gasteiger partial charge in [0.15, 0.2) is 0 Å². The number of aliphatic imine (C=N–C) groups is 1. The molecule has 0 spiro atoms. The van der Waals surface area contributed by atoms with E-state index < -0.39 is 0 Å². The van der Waals surface area contributed by atoms with E-state index in [2.05, 4.69) is 64.8 Å². The van der Waals surface area contributed by atoms with Crippen molar-refractivity contribution in [2.45, 2.75) is 5.92 Å². The highest BCUT2D eigenvalue weighted by Crippen LogP contribution is 2.36. The summed E-state index contributed by atoms with van der Waals surface area (Å²) in [5.41, 5.74) is 4.48. The number of benzene rings is 3. The van der Waals surface area contributed by atoms with Gasteiger partial charge in [-0.3, -0.25) is 0 Å². The summed E-state index contributed by atoms with van der Waals surface area (Å²) in [5, 5.41) is 2.49. The molecule has 0 saturated heterocycles. The third kappa shape index (κ3) is 3.04. The van der Waals surface area contributed by atoms with E-state index in [-0.39, 0.29) is 5.92 Å². The van der Waals surface area contributed by atoms with E-state index in [1.54, 1.807) is 0 Å². The van der Waals surface area contributed by atoms with Crippen LogP contribution in [-0.4, -0.2) is 5.16 Å². The van der Waals surface area contributed by atoms with E-state index in [4.69, 9.17) is 12.2 Å². The predicted molar refractivity (Wildman–Crippen MR) is 95.0 cm³/mol. The number of nitrogens with zero attached hydrogens (tertiary/aromatic N) is 1. The number of hydrogen-bond donors (Lipinski definition) is 0. The van der Waals surface area contributed by atoms with Crippen molar-refractivity contribution < 1.29 is 0 Å². The molecule has 0 radical (unpaired) electrons. The predicted octanol–water partition coefficient (Wildman–Crippen LogP) is 5.60. The Morgan fingerprint density at radius 3 is 1.73 bits per heavy atom. The van der Waals surface area contributed by atoms with Crippen molar-refractivity contribution in [1.29, 1.82) is 0 Å². The summed E-state index contributed by atoms with van der Waals surface area (Å²) in [4.78, 5) is 4.24. The minimum atomic E-state index is 0.130. The maximum Gasteiger partial charge on any atom is 0.0781 e. The SMILES string of the molecule is S=C=Nc1ccccc1C(c1ccccc1)c1ccccc1. The van der Waals surface area contributed by atoms with E-state index in [1.165, 1.54) is 11.1 Å². The van der Waals surface area contributed by atoms with Crippen molar-refractivity contribution >= 4 is 23.1 Å². The molecule has 3 rings (SSSR count). The third-order valence-electron chi connectivity index (χ3n) is 3.68. The lowest BCUT2D eigenvalue weighted by Crippen LogP contribution is -2.03. The Bertz CT molecular complexity index is 751. The number of para-hydroxylation sites is 1. The van der Waals surface area contributed by atoms with Crippen molar-refractivity contribution in [2.24, 2.45) is 4.99 Å². The second-order valence-electron chi connectivity index (χ2n) is 5.02. The monoisotopic (exact) mass is 301 g/mol. The summed E-state index contributed by atoms with van der Waals surface area (Å²) in [6, 6.07) is 29.0. The molecule has 0 N–H and O–H groups in total. The molecule has 3 aromatic rings. The van der Waals surface area contributed by atoms with Gasteiger partial charge < -0.3 is 0 Å². The highest BCUT2D eigenvalue weighted by Gasteiger charge is 2.19. The highest BCUT2D eigenvalue weighted by molar-refractivity contribution is 7.78. The van der Waals surface area contributed by atoms with Gasteiger partial charge in [-0.2, -0.15) is 4.99 Å². The van der Waals surface area contributed by atoms with E-state index >= 15 is 0 Å². The third-order valence-corrected chi connectivity index (χ3v) is 3.77. The van der Waals surface area contributed by atoms with E-state index in [1.807, 2.05) is 30.3 Å². The van der Waals surface area contributed by atoms with Crippen molar-refractivity contribution in [1.82, 2.24) is 0 Å². The van der Waals surface area contributed by atoms with Crippen LogP contribution in [0.2, 0.25) is 0 Å². The Kier molecular flexibility index (Phi) is 4.55. The van der Waals surface area contributed by atoms with Crippen LogP contribution in [0.4, 0.5) is 5.69 Å². The lowest BCUT2D eigenvalue weighted by Gasteiger charge is -2.20. The van der Waals surface area contributed by atoms with Gasteiger partial charge in [0.05, 0.1) is 10.8 Å². The maximum atomic E-state index is 4.80. The lowest BCUT2D eigenvalue weighted by atomic mass is 9.84. The van der Waals surface area contributed by atoms with Crippen LogP contribution in [0.25, 0.3) is 0 Å². The van der Waals surface area contributed by atoms with Gasteiger partial charge in [-0.15, -0.1) is 0 Å². The van der Waals surface area contributed by atoms with Gasteiger partial charge in [0.25, 0.3) is 0 Å². The summed E-state index contributed by atoms with van der Waals surface area (Å²) in [6.07, 6.45) is 0. The minimum Gasteiger partial charge on any atom is -0.194 e. The first-order chi connectivity index (χ1) is 10.9. The number of hydrogen-bond acceptors (Lipinski definition) is 2. The summed E-state index contributed by atoms with van der Waals surface area (Å²) < 4.78 is 0. The lowest BCUT2D eigenvalue weighted by molar-refractivity contribution is 0.977. The summed E-state index contributed by atoms with van der Waals surface area (Å²) >= 11 is 4.80. The molecule has 0 saturated carbocycles. The molecule has 22 heavy (non-hydrogen) atoms. The topological polar surface area (TPSA) is 12.4 Å². The van der Waals surface area contributed by atoms with Crippen LogP contribution in [0, 0.1) is 0 Å². The van der Waals surface area contributed by atoms with Crippen LogP contribution in [0.5, 0.6) is 0 Å². The second-order valence-corrected chi connectivity index (χ2v) is 5.20. The molecule has 0 atom stereocenters. The molecular formula is C20H15NS. The molecular weight excluding hydrogens is 286 g/mol. The van der Waals surface area contributed by atoms with Gasteiger partial charge in [-0.1, -0.05) is 78.9 Å². The molecule has 0 aliphatic rings. The molecule has 0 fully saturated rings. The van der Waals surface area contributed by atoms with Crippen molar-refractivity contribution in [3.05, 3.63) is 102 Å². The minimum absolute atomic E-state index is 0.130. The van der Waals surface area contributed by atoms with Crippen LogP contribution in [0.3, 0.4) is 0 Å². The van der Waals surface area contributed by atoms with Crippen molar-refractivity contribution in [3.63, 3.8) is 0 Å². The van der Waals surface area contributed by atoms with Crippen LogP contribution in [0.1, 0.15) is 22.6 Å². The van der Waals surface area contributed by atoms with Crippen LogP contribution < -0.4 is 0 Å². The zero-order valence-electron chi connectivity index (χ0n) is 12.0. The Balaban J connectivity index is 2.21. The van der Waals surface area contributed by atoms with Crippen molar-refractivity contribution in [3.8, 4) is 0 Å². The zero-order valence-corrected chi connectivity index (χ0v) is 12.8. The molecule has 0 amide bonds. The Hall–Kier alpha value is -2.54. The van der Waals surface area contributed by atoms with Crippen LogP contribution >= 0.6 is 12.2 Å². The molecule has 0 aliphatic carbocycles. The number of rotatable bonds is 4. The molecule has 2 heteroatoms. The fourth-order valence-corrected chi connectivity index (χ4v) is 2.82. The van der Waals surface area contributed by atoms with Gasteiger partial charge in [0.2, 0.25) is 0 Å². The fraction of sp³-hybridized carbons (Fsp3) is 0.0500. The fourth-order valence-electron chi connectivity index (χ4n) is 2.73. The zero-order chi connectivity index (χ0) is 15.2. The molecule has 0 heterocycles. The smallest absolute Gasteiger partial charge is 0.0781 e. The largest absolute Gasteiger partial charge is 0.194 e. The van der Waals surface area contributed by atoms with Gasteiger partial charge in [-0.05, 0) is 35.0 Å². The molecule has 3 aromatic carbocycles. The van der Waals surface area contributed by atoms with Gasteiger partial charge in [0, 0.05) is 5.92 Å². The van der Waals surface area contributed by atoms with E-state index in [0.29, 0.717) is 0 Å². The van der Waals surface area contributed by atoms with E-state index in [9.17, 15) is 0 Å². The molecule has 106 valence electrons. The number of thiocarbonyl (C=S) groups is 1. The normalized spacial score (nSPS) is 10.2. The second kappa shape index (κ2) is 6.95. The van der Waals surface area contributed by atoms with Crippen LogP contribution in [0.15, 0.2) is 89.9 Å². The summed E-state index contributed by atoms with van der Waals surface area (Å²) in [6.45, 7) is 0. The van der Waals surface area contributed by atoms with Crippen LogP contribution in [-0.2, 0) is 0 Å². The first-order valence-corrected chi connectivity index (χ1v) is 7.57. The van der Waals surface area contributed by atoms with Gasteiger partial charge in [0.1, 0.15) is 0 Å². The average Bonchev–Trinajstić information content (AvgIpc) is 2.59. The van der Waals surface area contributed by atoms with E-state index in [0.717, 1.165) is 11.3 Å².